The molecule has 0 aliphatic rings. The highest BCUT2D eigenvalue weighted by Gasteiger charge is 2.20. The number of nitro benzene ring substituents is 1. The molecule has 0 aromatic heterocycles. The lowest BCUT2D eigenvalue weighted by Crippen LogP contribution is -2.12. The van der Waals surface area contributed by atoms with Crippen molar-refractivity contribution >= 4 is 27.7 Å². The second-order valence-electron chi connectivity index (χ2n) is 6.39. The van der Waals surface area contributed by atoms with Crippen LogP contribution in [0.4, 0.5) is 5.69 Å². The number of benzene rings is 3. The molecule has 0 saturated heterocycles. The maximum Gasteiger partial charge on any atom is 0.339 e. The normalized spacial score (nSPS) is 11.4. The van der Waals surface area contributed by atoms with Gasteiger partial charge in [-0.1, -0.05) is 35.9 Å². The Morgan fingerprint density at radius 3 is 2.23 bits per heavy atom. The lowest BCUT2D eigenvalue weighted by Gasteiger charge is -2.10. The van der Waals surface area contributed by atoms with E-state index in [1.54, 1.807) is 24.3 Å². The summed E-state index contributed by atoms with van der Waals surface area (Å²) >= 11 is 0. The molecule has 0 atom stereocenters. The highest BCUT2D eigenvalue weighted by atomic mass is 32.2. The summed E-state index contributed by atoms with van der Waals surface area (Å²) in [6.45, 7) is 1.84. The van der Waals surface area contributed by atoms with Crippen molar-refractivity contribution in [3.63, 3.8) is 0 Å². The van der Waals surface area contributed by atoms with Crippen LogP contribution in [-0.2, 0) is 10.1 Å². The number of nitrogens with zero attached hydrogens (tertiary/aromatic N) is 1. The van der Waals surface area contributed by atoms with Gasteiger partial charge in [0.2, 0.25) is 0 Å². The third-order valence-corrected chi connectivity index (χ3v) is 5.44. The summed E-state index contributed by atoms with van der Waals surface area (Å²) in [4.78, 5) is 22.8. The summed E-state index contributed by atoms with van der Waals surface area (Å²) in [6, 6.07) is 17.9. The Kier molecular flexibility index (Phi) is 6.08. The molecule has 30 heavy (non-hydrogen) atoms. The summed E-state index contributed by atoms with van der Waals surface area (Å²) in [6.07, 6.45) is 2.74. The Morgan fingerprint density at radius 1 is 0.967 bits per heavy atom. The quantitative estimate of drug-likeness (QED) is 0.181. The topological polar surface area (TPSA) is 104 Å². The zero-order valence-electron chi connectivity index (χ0n) is 15.9. The molecule has 3 rings (SSSR count). The summed E-state index contributed by atoms with van der Waals surface area (Å²) in [5, 5.41) is 10.7. The smallest absolute Gasteiger partial charge is 0.339 e. The van der Waals surface area contributed by atoms with E-state index in [1.165, 1.54) is 60.7 Å². The molecule has 152 valence electrons. The molecule has 0 N–H and O–H groups in total. The van der Waals surface area contributed by atoms with Gasteiger partial charge in [-0.25, -0.2) is 0 Å². The standard InChI is InChI=1S/C22H17NO6S/c1-16-6-13-19(14-7-16)30(27,28)29-22-5-3-2-4-20(22)21(24)15-10-17-8-11-18(12-9-17)23(25)26/h2-15H,1H3/b15-10+. The number of carbonyl (C=O) groups is 1. The molecule has 8 heteroatoms. The van der Waals surface area contributed by atoms with Gasteiger partial charge in [0.1, 0.15) is 4.90 Å². The Bertz CT molecular complexity index is 1210. The fraction of sp³-hybridized carbons (Fsp3) is 0.0455. The van der Waals surface area contributed by atoms with Crippen LogP contribution in [0.3, 0.4) is 0 Å². The number of non-ortho nitro benzene ring substituents is 1. The second kappa shape index (κ2) is 8.71. The number of nitro groups is 1. The highest BCUT2D eigenvalue weighted by Crippen LogP contribution is 2.24. The first-order valence-corrected chi connectivity index (χ1v) is 10.2. The van der Waals surface area contributed by atoms with Crippen LogP contribution >= 0.6 is 0 Å². The Hall–Kier alpha value is -3.78. The number of carbonyl (C=O) groups excluding carboxylic acids is 1. The Labute approximate surface area is 173 Å². The van der Waals surface area contributed by atoms with Crippen molar-refractivity contribution in [3.05, 3.63) is 106 Å². The van der Waals surface area contributed by atoms with Gasteiger partial charge in [-0.3, -0.25) is 14.9 Å². The molecule has 3 aromatic rings. The van der Waals surface area contributed by atoms with E-state index in [4.69, 9.17) is 4.18 Å². The summed E-state index contributed by atoms with van der Waals surface area (Å²) in [5.74, 6) is -0.556. The van der Waals surface area contributed by atoms with Gasteiger partial charge in [0.05, 0.1) is 10.5 Å². The summed E-state index contributed by atoms with van der Waals surface area (Å²) < 4.78 is 30.3. The minimum absolute atomic E-state index is 0.0169. The van der Waals surface area contributed by atoms with Crippen molar-refractivity contribution < 1.29 is 22.3 Å². The van der Waals surface area contributed by atoms with Gasteiger partial charge in [0, 0.05) is 12.1 Å². The number of aryl methyl sites for hydroxylation is 1. The zero-order valence-corrected chi connectivity index (χ0v) is 16.7. The van der Waals surface area contributed by atoms with Crippen LogP contribution < -0.4 is 4.18 Å². The lowest BCUT2D eigenvalue weighted by atomic mass is 10.1. The van der Waals surface area contributed by atoms with Crippen LogP contribution in [0.15, 0.2) is 83.8 Å². The molecule has 0 amide bonds. The molecule has 3 aromatic carbocycles. The van der Waals surface area contributed by atoms with Crippen LogP contribution in [0, 0.1) is 17.0 Å². The van der Waals surface area contributed by atoms with Gasteiger partial charge < -0.3 is 4.18 Å². The number of para-hydroxylation sites is 1. The van der Waals surface area contributed by atoms with Crippen molar-refractivity contribution in [1.82, 2.24) is 0 Å². The van der Waals surface area contributed by atoms with Crippen molar-refractivity contribution in [2.45, 2.75) is 11.8 Å². The largest absolute Gasteiger partial charge is 0.378 e. The van der Waals surface area contributed by atoms with Crippen LogP contribution in [-0.4, -0.2) is 19.1 Å². The van der Waals surface area contributed by atoms with Gasteiger partial charge in [0.25, 0.3) is 5.69 Å². The fourth-order valence-electron chi connectivity index (χ4n) is 2.58. The third kappa shape index (κ3) is 4.98. The summed E-state index contributed by atoms with van der Waals surface area (Å²) in [5.41, 5.74) is 1.51. The van der Waals surface area contributed by atoms with E-state index in [0.717, 1.165) is 5.56 Å². The average Bonchev–Trinajstić information content (AvgIpc) is 2.72. The molecule has 0 aliphatic heterocycles. The molecular formula is C22H17NO6S. The molecule has 0 fully saturated rings. The lowest BCUT2D eigenvalue weighted by molar-refractivity contribution is -0.384. The van der Waals surface area contributed by atoms with Gasteiger partial charge in [-0.05, 0) is 55.0 Å². The number of allylic oxidation sites excluding steroid dienone is 1. The molecule has 0 aliphatic carbocycles. The first-order chi connectivity index (χ1) is 14.3. The first kappa shape index (κ1) is 20.9. The predicted octanol–water partition coefficient (Wildman–Crippen LogP) is 4.57. The first-order valence-electron chi connectivity index (χ1n) is 8.83. The van der Waals surface area contributed by atoms with Gasteiger partial charge in [-0.15, -0.1) is 0 Å². The SMILES string of the molecule is Cc1ccc(S(=O)(=O)Oc2ccccc2C(=O)/C=C/c2ccc([N+](=O)[O-])cc2)cc1. The van der Waals surface area contributed by atoms with E-state index >= 15 is 0 Å². The molecule has 0 bridgehead atoms. The van der Waals surface area contributed by atoms with E-state index in [0.29, 0.717) is 5.56 Å². The van der Waals surface area contributed by atoms with Gasteiger partial charge >= 0.3 is 10.1 Å². The number of hydrogen-bond acceptors (Lipinski definition) is 6. The minimum atomic E-state index is -4.11. The van der Waals surface area contributed by atoms with E-state index < -0.39 is 20.8 Å². The maximum absolute atomic E-state index is 12.6. The minimum Gasteiger partial charge on any atom is -0.378 e. The Morgan fingerprint density at radius 2 is 1.60 bits per heavy atom. The monoisotopic (exact) mass is 423 g/mol. The van der Waals surface area contributed by atoms with Crippen molar-refractivity contribution in [2.75, 3.05) is 0 Å². The third-order valence-electron chi connectivity index (χ3n) is 4.19. The van der Waals surface area contributed by atoms with Crippen LogP contribution in [0.5, 0.6) is 5.75 Å². The molecular weight excluding hydrogens is 406 g/mol. The second-order valence-corrected chi connectivity index (χ2v) is 7.94. The van der Waals surface area contributed by atoms with Crippen LogP contribution in [0.25, 0.3) is 6.08 Å². The number of hydrogen-bond donors (Lipinski definition) is 0. The van der Waals surface area contributed by atoms with Crippen molar-refractivity contribution in [1.29, 1.82) is 0 Å². The van der Waals surface area contributed by atoms with E-state index in [-0.39, 0.29) is 21.9 Å². The van der Waals surface area contributed by atoms with Gasteiger partial charge in [-0.2, -0.15) is 8.42 Å². The van der Waals surface area contributed by atoms with Crippen LogP contribution in [0.2, 0.25) is 0 Å². The van der Waals surface area contributed by atoms with E-state index in [2.05, 4.69) is 0 Å². The number of ketones is 1. The molecule has 0 spiro atoms. The highest BCUT2D eigenvalue weighted by molar-refractivity contribution is 7.87. The van der Waals surface area contributed by atoms with E-state index in [9.17, 15) is 23.3 Å². The average molecular weight is 423 g/mol. The fourth-order valence-corrected chi connectivity index (χ4v) is 3.53. The molecule has 0 heterocycles. The van der Waals surface area contributed by atoms with Crippen molar-refractivity contribution in [3.8, 4) is 5.75 Å². The zero-order chi connectivity index (χ0) is 21.7. The molecule has 7 nitrogen and oxygen atoms in total. The molecule has 0 saturated carbocycles. The van der Waals surface area contributed by atoms with Crippen LogP contribution in [0.1, 0.15) is 21.5 Å². The molecule has 0 radical (unpaired) electrons. The van der Waals surface area contributed by atoms with E-state index in [1.807, 2.05) is 6.92 Å². The summed E-state index contributed by atoms with van der Waals surface area (Å²) in [7, 11) is -4.11. The maximum atomic E-state index is 12.6. The van der Waals surface area contributed by atoms with Gasteiger partial charge in [0.15, 0.2) is 11.5 Å². The molecule has 0 unspecified atom stereocenters. The predicted molar refractivity (Wildman–Crippen MR) is 112 cm³/mol. The number of rotatable bonds is 7. The van der Waals surface area contributed by atoms with Crippen molar-refractivity contribution in [2.24, 2.45) is 0 Å². The Balaban J connectivity index is 1.82.